The molecule has 0 heterocycles. The molecule has 2 unspecified atom stereocenters. The molecule has 0 aliphatic rings. The average molecular weight is 545 g/mol. The van der Waals surface area contributed by atoms with Crippen LogP contribution in [-0.2, 0) is 27.6 Å². The predicted molar refractivity (Wildman–Crippen MR) is 140 cm³/mol. The van der Waals surface area contributed by atoms with Gasteiger partial charge in [0.2, 0.25) is 5.91 Å². The fourth-order valence-electron chi connectivity index (χ4n) is 4.74. The summed E-state index contributed by atoms with van der Waals surface area (Å²) in [7, 11) is 2.81. The average Bonchev–Trinajstić information content (AvgIpc) is 2.91. The van der Waals surface area contributed by atoms with E-state index >= 15 is 0 Å². The molecule has 0 aliphatic carbocycles. The third kappa shape index (κ3) is 6.34. The number of benzene rings is 3. The Morgan fingerprint density at radius 1 is 1.00 bits per heavy atom. The summed E-state index contributed by atoms with van der Waals surface area (Å²) in [6, 6.07) is 16.9. The highest BCUT2D eigenvalue weighted by atomic mass is 19.4. The Morgan fingerprint density at radius 3 is 2.15 bits per heavy atom. The molecule has 0 aromatic heterocycles. The van der Waals surface area contributed by atoms with E-state index in [-0.39, 0.29) is 16.8 Å². The van der Waals surface area contributed by atoms with Crippen LogP contribution in [0, 0.1) is 0 Å². The number of likely N-dealkylation sites (N-methyl/N-ethyl adjacent to an activating group) is 1. The Morgan fingerprint density at radius 2 is 1.62 bits per heavy atom. The highest BCUT2D eigenvalue weighted by Gasteiger charge is 2.48. The number of hydrogen-bond donors (Lipinski definition) is 3. The number of nitrogens with two attached hydrogens (primary N) is 1. The number of aliphatic hydroxyl groups excluding tert-OH is 1. The van der Waals surface area contributed by atoms with Gasteiger partial charge in [0, 0.05) is 12.7 Å². The summed E-state index contributed by atoms with van der Waals surface area (Å²) in [6.45, 7) is 1.58. The zero-order valence-electron chi connectivity index (χ0n) is 21.8. The molecular formula is C29H31F3N2O5. The van der Waals surface area contributed by atoms with Crippen LogP contribution in [0.3, 0.4) is 0 Å². The monoisotopic (exact) mass is 544 g/mol. The van der Waals surface area contributed by atoms with Crippen LogP contribution in [0.2, 0.25) is 0 Å². The number of carbonyl (C=O) groups is 2. The van der Waals surface area contributed by atoms with Crippen molar-refractivity contribution in [1.29, 1.82) is 0 Å². The number of nitrogen functional groups attached to an aromatic ring is 1. The number of halogens is 3. The maximum atomic E-state index is 14.3. The second-order valence-corrected chi connectivity index (χ2v) is 9.44. The molecule has 0 saturated carbocycles. The van der Waals surface area contributed by atoms with Gasteiger partial charge in [-0.1, -0.05) is 48.5 Å². The number of anilines is 1. The molecule has 10 heteroatoms. The van der Waals surface area contributed by atoms with Crippen molar-refractivity contribution in [3.8, 4) is 5.75 Å². The number of amides is 1. The van der Waals surface area contributed by atoms with Crippen molar-refractivity contribution in [1.82, 2.24) is 4.90 Å². The first-order valence-electron chi connectivity index (χ1n) is 12.1. The number of rotatable bonds is 10. The van der Waals surface area contributed by atoms with Crippen LogP contribution in [0.4, 0.5) is 18.9 Å². The molecule has 0 spiro atoms. The highest BCUT2D eigenvalue weighted by molar-refractivity contribution is 5.93. The number of nitrogens with zero attached hydrogens (tertiary/aromatic N) is 1. The lowest BCUT2D eigenvalue weighted by Gasteiger charge is -2.39. The summed E-state index contributed by atoms with van der Waals surface area (Å²) in [4.78, 5) is 27.7. The molecule has 39 heavy (non-hydrogen) atoms. The quantitative estimate of drug-likeness (QED) is 0.315. The largest absolute Gasteiger partial charge is 0.497 e. The van der Waals surface area contributed by atoms with Gasteiger partial charge >= 0.3 is 12.1 Å². The number of carboxylic acid groups (broad SMARTS) is 1. The molecule has 3 aromatic rings. The molecule has 0 aliphatic heterocycles. The van der Waals surface area contributed by atoms with E-state index in [2.05, 4.69) is 0 Å². The number of methoxy groups -OCH3 is 1. The van der Waals surface area contributed by atoms with Gasteiger partial charge in [-0.3, -0.25) is 9.59 Å². The van der Waals surface area contributed by atoms with Gasteiger partial charge in [-0.15, -0.1) is 0 Å². The predicted octanol–water partition coefficient (Wildman–Crippen LogP) is 4.83. The standard InChI is InChI=1S/C29H31F3N2O5/c1-18(26(37)19-8-5-4-6-9-19)34(2)27(38)28(17-25(35)36,20-12-14-21(39-3)15-13-20)16-22-23(29(30,31)32)10-7-11-24(22)33/h4-15,18,26,37H,16-17,33H2,1-3H3,(H,35,36)/t18?,26?,28-/m1/s1. The Balaban J connectivity index is 2.22. The summed E-state index contributed by atoms with van der Waals surface area (Å²) >= 11 is 0. The van der Waals surface area contributed by atoms with E-state index in [9.17, 15) is 33.0 Å². The molecule has 0 saturated heterocycles. The van der Waals surface area contributed by atoms with Gasteiger partial charge in [-0.2, -0.15) is 13.2 Å². The third-order valence-electron chi connectivity index (χ3n) is 7.03. The van der Waals surface area contributed by atoms with Crippen LogP contribution in [0.1, 0.15) is 41.7 Å². The molecule has 3 rings (SSSR count). The summed E-state index contributed by atoms with van der Waals surface area (Å²) in [5, 5.41) is 20.9. The molecule has 208 valence electrons. The fourth-order valence-corrected chi connectivity index (χ4v) is 4.74. The normalized spacial score (nSPS) is 14.6. The van der Waals surface area contributed by atoms with Crippen molar-refractivity contribution in [2.75, 3.05) is 19.9 Å². The lowest BCUT2D eigenvalue weighted by Crippen LogP contribution is -2.52. The molecule has 3 atom stereocenters. The van der Waals surface area contributed by atoms with Gasteiger partial charge in [-0.25, -0.2) is 0 Å². The van der Waals surface area contributed by atoms with E-state index in [0.717, 1.165) is 12.1 Å². The first kappa shape index (κ1) is 29.5. The molecule has 0 fully saturated rings. The van der Waals surface area contributed by atoms with Gasteiger partial charge in [-0.05, 0) is 54.3 Å². The first-order valence-corrected chi connectivity index (χ1v) is 12.1. The number of aliphatic carboxylic acids is 1. The number of carbonyl (C=O) groups excluding carboxylic acids is 1. The molecule has 4 N–H and O–H groups in total. The SMILES string of the molecule is COc1ccc([C@](CC(=O)O)(Cc2c(N)cccc2C(F)(F)F)C(=O)N(C)C(C)C(O)c2ccccc2)cc1. The summed E-state index contributed by atoms with van der Waals surface area (Å²) in [6.07, 6.45) is -7.43. The topological polar surface area (TPSA) is 113 Å². The minimum atomic E-state index is -4.80. The van der Waals surface area contributed by atoms with Crippen LogP contribution in [0.15, 0.2) is 72.8 Å². The highest BCUT2D eigenvalue weighted by Crippen LogP contribution is 2.42. The number of aliphatic hydroxyl groups is 1. The zero-order chi connectivity index (χ0) is 29.0. The molecule has 1 amide bonds. The van der Waals surface area contributed by atoms with E-state index in [1.807, 2.05) is 0 Å². The Labute approximate surface area is 224 Å². The van der Waals surface area contributed by atoms with Crippen molar-refractivity contribution in [2.24, 2.45) is 0 Å². The smallest absolute Gasteiger partial charge is 0.416 e. The van der Waals surface area contributed by atoms with Crippen LogP contribution < -0.4 is 10.5 Å². The molecule has 7 nitrogen and oxygen atoms in total. The van der Waals surface area contributed by atoms with E-state index in [0.29, 0.717) is 11.3 Å². The zero-order valence-corrected chi connectivity index (χ0v) is 21.8. The third-order valence-corrected chi connectivity index (χ3v) is 7.03. The van der Waals surface area contributed by atoms with E-state index < -0.39 is 54.0 Å². The number of alkyl halides is 3. The fraction of sp³-hybridized carbons (Fsp3) is 0.310. The number of ether oxygens (including phenoxy) is 1. The number of hydrogen-bond acceptors (Lipinski definition) is 5. The van der Waals surface area contributed by atoms with Crippen LogP contribution >= 0.6 is 0 Å². The minimum Gasteiger partial charge on any atom is -0.497 e. The lowest BCUT2D eigenvalue weighted by atomic mass is 9.70. The van der Waals surface area contributed by atoms with Crippen molar-refractivity contribution in [2.45, 2.75) is 43.5 Å². The van der Waals surface area contributed by atoms with E-state index in [4.69, 9.17) is 10.5 Å². The second kappa shape index (κ2) is 11.8. The molecule has 0 bridgehead atoms. The number of carboxylic acids is 1. The Kier molecular flexibility index (Phi) is 8.91. The van der Waals surface area contributed by atoms with Crippen LogP contribution in [0.25, 0.3) is 0 Å². The molecule has 3 aromatic carbocycles. The van der Waals surface area contributed by atoms with Crippen LogP contribution in [0.5, 0.6) is 5.75 Å². The second-order valence-electron chi connectivity index (χ2n) is 9.44. The van der Waals surface area contributed by atoms with Gasteiger partial charge in [0.1, 0.15) is 5.75 Å². The first-order chi connectivity index (χ1) is 18.3. The van der Waals surface area contributed by atoms with E-state index in [1.165, 1.54) is 49.4 Å². The Hall–Kier alpha value is -4.05. The van der Waals surface area contributed by atoms with Crippen molar-refractivity contribution >= 4 is 17.6 Å². The van der Waals surface area contributed by atoms with Crippen molar-refractivity contribution < 1.29 is 37.7 Å². The van der Waals surface area contributed by atoms with Gasteiger partial charge in [0.15, 0.2) is 0 Å². The van der Waals surface area contributed by atoms with Gasteiger partial charge < -0.3 is 25.6 Å². The van der Waals surface area contributed by atoms with Gasteiger partial charge in [0.25, 0.3) is 0 Å². The maximum Gasteiger partial charge on any atom is 0.416 e. The van der Waals surface area contributed by atoms with Gasteiger partial charge in [0.05, 0.1) is 36.7 Å². The molecular weight excluding hydrogens is 513 g/mol. The lowest BCUT2D eigenvalue weighted by molar-refractivity contribution is -0.148. The summed E-state index contributed by atoms with van der Waals surface area (Å²) in [5.74, 6) is -1.77. The van der Waals surface area contributed by atoms with Crippen molar-refractivity contribution in [3.63, 3.8) is 0 Å². The maximum absolute atomic E-state index is 14.3. The minimum absolute atomic E-state index is 0.167. The van der Waals surface area contributed by atoms with E-state index in [1.54, 1.807) is 37.3 Å². The molecule has 0 radical (unpaired) electrons. The van der Waals surface area contributed by atoms with Crippen molar-refractivity contribution in [3.05, 3.63) is 95.1 Å². The van der Waals surface area contributed by atoms with Crippen LogP contribution in [-0.4, -0.2) is 47.2 Å². The summed E-state index contributed by atoms with van der Waals surface area (Å²) in [5.41, 5.74) is 3.02. The Bertz CT molecular complexity index is 1300. The summed E-state index contributed by atoms with van der Waals surface area (Å²) < 4.78 is 47.3.